The van der Waals surface area contributed by atoms with Crippen molar-refractivity contribution < 1.29 is 14.3 Å². The maximum absolute atomic E-state index is 13.2. The highest BCUT2D eigenvalue weighted by molar-refractivity contribution is 7.99. The summed E-state index contributed by atoms with van der Waals surface area (Å²) in [6.07, 6.45) is 0. The number of benzene rings is 1. The van der Waals surface area contributed by atoms with Crippen LogP contribution in [-0.2, 0) is 6.54 Å². The van der Waals surface area contributed by atoms with E-state index in [0.717, 1.165) is 10.4 Å². The summed E-state index contributed by atoms with van der Waals surface area (Å²) in [5.74, 6) is 1.35. The van der Waals surface area contributed by atoms with Gasteiger partial charge in [-0.1, -0.05) is 17.8 Å². The number of ether oxygens (including phenoxy) is 2. The molecule has 0 spiro atoms. The Labute approximate surface area is 184 Å². The molecule has 0 saturated heterocycles. The number of aromatic nitrogens is 2. The lowest BCUT2D eigenvalue weighted by atomic mass is 10.1. The summed E-state index contributed by atoms with van der Waals surface area (Å²) in [5.41, 5.74) is 1.41. The summed E-state index contributed by atoms with van der Waals surface area (Å²) in [7, 11) is 0. The van der Waals surface area contributed by atoms with E-state index < -0.39 is 0 Å². The monoisotopic (exact) mass is 456 g/mol. The first kappa shape index (κ1) is 19.3. The molecule has 1 aromatic carbocycles. The Hall–Kier alpha value is -2.62. The van der Waals surface area contributed by atoms with Crippen LogP contribution in [0, 0.1) is 0 Å². The normalized spacial score (nSPS) is 12.6. The zero-order valence-electron chi connectivity index (χ0n) is 15.9. The first-order chi connectivity index (χ1) is 14.7. The molecule has 0 atom stereocenters. The first-order valence-electron chi connectivity index (χ1n) is 9.27. The summed E-state index contributed by atoms with van der Waals surface area (Å²) in [6.45, 7) is 2.57. The molecule has 3 aromatic heterocycles. The number of carbonyl (C=O) groups is 1. The van der Waals surface area contributed by atoms with Gasteiger partial charge in [0.05, 0.1) is 11.1 Å². The highest BCUT2D eigenvalue weighted by Gasteiger charge is 2.20. The third-order valence-electron chi connectivity index (χ3n) is 4.79. The van der Waals surface area contributed by atoms with Gasteiger partial charge >= 0.3 is 0 Å². The number of thiophene rings is 2. The quantitative estimate of drug-likeness (QED) is 0.233. The van der Waals surface area contributed by atoms with Crippen molar-refractivity contribution in [3.8, 4) is 21.9 Å². The largest absolute Gasteiger partial charge is 0.454 e. The number of hydrogen-bond acceptors (Lipinski definition) is 8. The van der Waals surface area contributed by atoms with Crippen molar-refractivity contribution >= 4 is 50.4 Å². The standard InChI is InChI=1S/C21H16N2O4S3/c1-2-23-20(25)18-13(17-4-3-7-28-17)9-29-19(18)22-21(23)30-10-14(24)12-5-6-15-16(8-12)27-11-26-15/h3-9H,2,10-11H2,1H3. The third kappa shape index (κ3) is 3.32. The Morgan fingerprint density at radius 2 is 2.10 bits per heavy atom. The van der Waals surface area contributed by atoms with Gasteiger partial charge in [0.1, 0.15) is 4.83 Å². The van der Waals surface area contributed by atoms with E-state index in [1.807, 2.05) is 29.8 Å². The van der Waals surface area contributed by atoms with Crippen molar-refractivity contribution in [2.75, 3.05) is 12.5 Å². The lowest BCUT2D eigenvalue weighted by Crippen LogP contribution is -2.22. The third-order valence-corrected chi connectivity index (χ3v) is 7.54. The van der Waals surface area contributed by atoms with E-state index in [2.05, 4.69) is 0 Å². The van der Waals surface area contributed by atoms with Gasteiger partial charge in [-0.3, -0.25) is 14.2 Å². The predicted molar refractivity (Wildman–Crippen MR) is 120 cm³/mol. The summed E-state index contributed by atoms with van der Waals surface area (Å²) in [6, 6.07) is 9.15. The fraction of sp³-hybridized carbons (Fsp3) is 0.190. The van der Waals surface area contributed by atoms with E-state index in [-0.39, 0.29) is 23.9 Å². The second-order valence-electron chi connectivity index (χ2n) is 6.53. The number of carbonyl (C=O) groups excluding carboxylic acids is 1. The lowest BCUT2D eigenvalue weighted by molar-refractivity contribution is 0.102. The van der Waals surface area contributed by atoms with Crippen LogP contribution < -0.4 is 15.0 Å². The van der Waals surface area contributed by atoms with Crippen LogP contribution >= 0.6 is 34.4 Å². The van der Waals surface area contributed by atoms with Crippen molar-refractivity contribution in [1.29, 1.82) is 0 Å². The molecule has 4 heterocycles. The molecule has 0 N–H and O–H groups in total. The Balaban J connectivity index is 1.44. The van der Waals surface area contributed by atoms with Crippen LogP contribution in [0.25, 0.3) is 20.7 Å². The summed E-state index contributed by atoms with van der Waals surface area (Å²) >= 11 is 4.34. The van der Waals surface area contributed by atoms with Gasteiger partial charge in [-0.15, -0.1) is 22.7 Å². The van der Waals surface area contributed by atoms with Gasteiger partial charge in [0.15, 0.2) is 22.4 Å². The molecule has 6 nitrogen and oxygen atoms in total. The summed E-state index contributed by atoms with van der Waals surface area (Å²) in [4.78, 5) is 32.4. The highest BCUT2D eigenvalue weighted by atomic mass is 32.2. The number of ketones is 1. The molecule has 0 bridgehead atoms. The van der Waals surface area contributed by atoms with E-state index in [1.165, 1.54) is 23.1 Å². The van der Waals surface area contributed by atoms with E-state index in [0.29, 0.717) is 39.0 Å². The second kappa shape index (κ2) is 7.90. The maximum atomic E-state index is 13.2. The Kier molecular flexibility index (Phi) is 5.10. The number of Topliss-reactive ketones (excluding diaryl/α,β-unsaturated/α-hetero) is 1. The zero-order valence-corrected chi connectivity index (χ0v) is 18.4. The van der Waals surface area contributed by atoms with Gasteiger partial charge in [-0.05, 0) is 36.6 Å². The molecule has 0 radical (unpaired) electrons. The van der Waals surface area contributed by atoms with Crippen molar-refractivity contribution in [2.45, 2.75) is 18.6 Å². The van der Waals surface area contributed by atoms with Crippen molar-refractivity contribution in [3.05, 3.63) is 57.0 Å². The first-order valence-corrected chi connectivity index (χ1v) is 12.0. The molecule has 30 heavy (non-hydrogen) atoms. The molecule has 0 amide bonds. The SMILES string of the molecule is CCn1c(SCC(=O)c2ccc3c(c2)OCO3)nc2scc(-c3cccs3)c2c1=O. The van der Waals surface area contributed by atoms with E-state index >= 15 is 0 Å². The fourth-order valence-corrected chi connectivity index (χ4v) is 6.05. The molecule has 1 aliphatic rings. The van der Waals surface area contributed by atoms with Crippen LogP contribution in [0.15, 0.2) is 51.0 Å². The summed E-state index contributed by atoms with van der Waals surface area (Å²) in [5, 5.41) is 5.19. The molecule has 0 saturated carbocycles. The minimum Gasteiger partial charge on any atom is -0.454 e. The van der Waals surface area contributed by atoms with E-state index in [4.69, 9.17) is 14.5 Å². The molecule has 0 unspecified atom stereocenters. The van der Waals surface area contributed by atoms with Crippen LogP contribution in [0.4, 0.5) is 0 Å². The molecule has 152 valence electrons. The van der Waals surface area contributed by atoms with Crippen LogP contribution in [0.5, 0.6) is 11.5 Å². The van der Waals surface area contributed by atoms with Crippen molar-refractivity contribution in [2.24, 2.45) is 0 Å². The minimum absolute atomic E-state index is 0.0549. The minimum atomic E-state index is -0.0646. The van der Waals surface area contributed by atoms with E-state index in [9.17, 15) is 9.59 Å². The Morgan fingerprint density at radius 1 is 1.23 bits per heavy atom. The Bertz CT molecular complexity index is 1310. The van der Waals surface area contributed by atoms with Crippen LogP contribution in [0.3, 0.4) is 0 Å². The number of rotatable bonds is 6. The smallest absolute Gasteiger partial charge is 0.263 e. The molecule has 5 rings (SSSR count). The van der Waals surface area contributed by atoms with Gasteiger partial charge in [0, 0.05) is 27.9 Å². The van der Waals surface area contributed by atoms with Gasteiger partial charge in [-0.2, -0.15) is 0 Å². The maximum Gasteiger partial charge on any atom is 0.263 e. The average Bonchev–Trinajstić information content (AvgIpc) is 3.51. The molecule has 0 aliphatic carbocycles. The van der Waals surface area contributed by atoms with Gasteiger partial charge < -0.3 is 9.47 Å². The van der Waals surface area contributed by atoms with E-state index in [1.54, 1.807) is 34.1 Å². The van der Waals surface area contributed by atoms with Crippen LogP contribution in [-0.4, -0.2) is 27.9 Å². The zero-order chi connectivity index (χ0) is 20.7. The molecule has 4 aromatic rings. The number of hydrogen-bond donors (Lipinski definition) is 0. The molecule has 0 fully saturated rings. The predicted octanol–water partition coefficient (Wildman–Crippen LogP) is 4.91. The van der Waals surface area contributed by atoms with Crippen LogP contribution in [0.1, 0.15) is 17.3 Å². The molecule has 9 heteroatoms. The number of thioether (sulfide) groups is 1. The van der Waals surface area contributed by atoms with Gasteiger partial charge in [0.2, 0.25) is 6.79 Å². The molecular formula is C21H16N2O4S3. The average molecular weight is 457 g/mol. The molecule has 1 aliphatic heterocycles. The van der Waals surface area contributed by atoms with Crippen LogP contribution in [0.2, 0.25) is 0 Å². The number of fused-ring (bicyclic) bond motifs is 2. The fourth-order valence-electron chi connectivity index (χ4n) is 3.29. The van der Waals surface area contributed by atoms with Gasteiger partial charge in [-0.25, -0.2) is 4.98 Å². The lowest BCUT2D eigenvalue weighted by Gasteiger charge is -2.10. The summed E-state index contributed by atoms with van der Waals surface area (Å²) < 4.78 is 12.3. The molecular weight excluding hydrogens is 440 g/mol. The van der Waals surface area contributed by atoms with Crippen molar-refractivity contribution in [1.82, 2.24) is 9.55 Å². The topological polar surface area (TPSA) is 70.4 Å². The Morgan fingerprint density at radius 3 is 2.90 bits per heavy atom. The highest BCUT2D eigenvalue weighted by Crippen LogP contribution is 2.35. The second-order valence-corrected chi connectivity index (χ2v) is 9.28. The number of nitrogens with zero attached hydrogens (tertiary/aromatic N) is 2. The van der Waals surface area contributed by atoms with Gasteiger partial charge in [0.25, 0.3) is 5.56 Å². The van der Waals surface area contributed by atoms with Crippen molar-refractivity contribution in [3.63, 3.8) is 0 Å².